The van der Waals surface area contributed by atoms with Crippen molar-refractivity contribution in [1.82, 2.24) is 5.32 Å². The van der Waals surface area contributed by atoms with Gasteiger partial charge < -0.3 is 20.6 Å². The Morgan fingerprint density at radius 3 is 1.94 bits per heavy atom. The molecule has 0 aromatic heterocycles. The van der Waals surface area contributed by atoms with Gasteiger partial charge in [-0.1, -0.05) is 95.2 Å². The number of rotatable bonds is 22. The van der Waals surface area contributed by atoms with Gasteiger partial charge in [-0.05, 0) is 44.9 Å². The summed E-state index contributed by atoms with van der Waals surface area (Å²) >= 11 is 0. The summed E-state index contributed by atoms with van der Waals surface area (Å²) in [4.78, 5) is 12.1. The van der Waals surface area contributed by atoms with E-state index in [0.29, 0.717) is 6.42 Å². The molecule has 0 aliphatic carbocycles. The Kier molecular flexibility index (Phi) is 22.7. The third kappa shape index (κ3) is 20.9. The van der Waals surface area contributed by atoms with Crippen molar-refractivity contribution < 1.29 is 20.1 Å². The first kappa shape index (κ1) is 31.6. The highest BCUT2D eigenvalue weighted by Gasteiger charge is 2.19. The molecule has 3 unspecified atom stereocenters. The van der Waals surface area contributed by atoms with Crippen LogP contribution in [-0.4, -0.2) is 46.1 Å². The van der Waals surface area contributed by atoms with E-state index in [4.69, 9.17) is 0 Å². The van der Waals surface area contributed by atoms with Crippen molar-refractivity contribution in [2.24, 2.45) is 0 Å². The van der Waals surface area contributed by atoms with E-state index in [0.717, 1.165) is 32.1 Å². The maximum absolute atomic E-state index is 12.1. The summed E-state index contributed by atoms with van der Waals surface area (Å²) in [5.41, 5.74) is 0. The lowest BCUT2D eigenvalue weighted by molar-refractivity contribution is -0.124. The Bertz CT molecular complexity index is 530. The highest BCUT2D eigenvalue weighted by Crippen LogP contribution is 2.07. The van der Waals surface area contributed by atoms with Crippen molar-refractivity contribution in [3.63, 3.8) is 0 Å². The SMILES string of the molecule is CCCCCC/C=C\CC(O)CC(=O)NC(CO)C(O)/C=C/CC/C=C/CCCCCCC. The van der Waals surface area contributed by atoms with Gasteiger partial charge in [-0.15, -0.1) is 0 Å². The van der Waals surface area contributed by atoms with Gasteiger partial charge in [-0.2, -0.15) is 0 Å². The van der Waals surface area contributed by atoms with Gasteiger partial charge in [0.1, 0.15) is 0 Å². The largest absolute Gasteiger partial charge is 0.394 e. The molecule has 33 heavy (non-hydrogen) atoms. The first-order valence-electron chi connectivity index (χ1n) is 13.3. The zero-order chi connectivity index (χ0) is 24.6. The molecule has 0 aromatic carbocycles. The minimum absolute atomic E-state index is 0.0453. The quantitative estimate of drug-likeness (QED) is 0.121. The lowest BCUT2D eigenvalue weighted by atomic mass is 10.1. The lowest BCUT2D eigenvalue weighted by Gasteiger charge is -2.20. The molecule has 0 saturated carbocycles. The van der Waals surface area contributed by atoms with E-state index in [-0.39, 0.29) is 18.9 Å². The fourth-order valence-corrected chi connectivity index (χ4v) is 3.53. The van der Waals surface area contributed by atoms with Gasteiger partial charge in [0.25, 0.3) is 0 Å². The summed E-state index contributed by atoms with van der Waals surface area (Å²) in [5.74, 6) is -0.368. The van der Waals surface area contributed by atoms with E-state index in [9.17, 15) is 20.1 Å². The maximum Gasteiger partial charge on any atom is 0.223 e. The smallest absolute Gasteiger partial charge is 0.223 e. The molecule has 5 nitrogen and oxygen atoms in total. The van der Waals surface area contributed by atoms with Crippen molar-refractivity contribution in [3.05, 3.63) is 36.5 Å². The fourth-order valence-electron chi connectivity index (χ4n) is 3.53. The molecule has 0 radical (unpaired) electrons. The second kappa shape index (κ2) is 23.7. The van der Waals surface area contributed by atoms with E-state index >= 15 is 0 Å². The number of hydrogen-bond donors (Lipinski definition) is 4. The molecule has 0 aliphatic rings. The molecule has 0 fully saturated rings. The molecule has 0 spiro atoms. The molecule has 0 saturated heterocycles. The Hall–Kier alpha value is -1.43. The molecule has 0 heterocycles. The van der Waals surface area contributed by atoms with Crippen molar-refractivity contribution >= 4 is 5.91 Å². The third-order valence-electron chi connectivity index (χ3n) is 5.65. The van der Waals surface area contributed by atoms with Gasteiger partial charge in [0.15, 0.2) is 0 Å². The highest BCUT2D eigenvalue weighted by atomic mass is 16.3. The fraction of sp³-hybridized carbons (Fsp3) is 0.750. The van der Waals surface area contributed by atoms with Gasteiger partial charge >= 0.3 is 0 Å². The summed E-state index contributed by atoms with van der Waals surface area (Å²) in [5, 5.41) is 32.4. The van der Waals surface area contributed by atoms with Crippen LogP contribution in [0, 0.1) is 0 Å². The number of unbranched alkanes of at least 4 members (excludes halogenated alkanes) is 10. The van der Waals surface area contributed by atoms with Crippen LogP contribution < -0.4 is 5.32 Å². The minimum Gasteiger partial charge on any atom is -0.394 e. The predicted molar refractivity (Wildman–Crippen MR) is 139 cm³/mol. The van der Waals surface area contributed by atoms with Crippen molar-refractivity contribution in [1.29, 1.82) is 0 Å². The van der Waals surface area contributed by atoms with E-state index in [1.165, 1.54) is 51.4 Å². The van der Waals surface area contributed by atoms with E-state index < -0.39 is 18.2 Å². The number of carbonyl (C=O) groups excluding carboxylic acids is 1. The number of hydrogen-bond acceptors (Lipinski definition) is 4. The third-order valence-corrected chi connectivity index (χ3v) is 5.65. The standard InChI is InChI=1S/C28H51NO4/c1-3-5-7-9-11-12-13-14-16-18-20-22-27(32)26(24-30)29-28(33)23-25(31)21-19-17-15-10-8-6-4-2/h13-14,17,19-20,22,25-27,30-32H,3-12,15-16,18,21,23-24H2,1-2H3,(H,29,33)/b14-13+,19-17-,22-20+. The van der Waals surface area contributed by atoms with Crippen LogP contribution >= 0.6 is 0 Å². The first-order chi connectivity index (χ1) is 16.0. The molecule has 1 amide bonds. The van der Waals surface area contributed by atoms with Crippen molar-refractivity contribution in [3.8, 4) is 0 Å². The molecule has 3 atom stereocenters. The van der Waals surface area contributed by atoms with Crippen molar-refractivity contribution in [2.45, 2.75) is 128 Å². The Morgan fingerprint density at radius 2 is 1.30 bits per heavy atom. The van der Waals surface area contributed by atoms with Gasteiger partial charge in [-0.3, -0.25) is 4.79 Å². The maximum atomic E-state index is 12.1. The van der Waals surface area contributed by atoms with Crippen LogP contribution in [0.15, 0.2) is 36.5 Å². The average molecular weight is 466 g/mol. The number of nitrogens with one attached hydrogen (secondary N) is 1. The summed E-state index contributed by atoms with van der Waals surface area (Å²) < 4.78 is 0. The van der Waals surface area contributed by atoms with Gasteiger partial charge in [0.2, 0.25) is 5.91 Å². The number of carbonyl (C=O) groups is 1. The number of allylic oxidation sites excluding steroid dienone is 4. The van der Waals surface area contributed by atoms with Gasteiger partial charge in [0, 0.05) is 0 Å². The van der Waals surface area contributed by atoms with Crippen LogP contribution in [0.1, 0.15) is 110 Å². The lowest BCUT2D eigenvalue weighted by Crippen LogP contribution is -2.45. The molecule has 0 aromatic rings. The predicted octanol–water partition coefficient (Wildman–Crippen LogP) is 5.75. The Labute approximate surface area is 203 Å². The summed E-state index contributed by atoms with van der Waals surface area (Å²) in [6, 6.07) is -0.770. The topological polar surface area (TPSA) is 89.8 Å². The van der Waals surface area contributed by atoms with E-state index in [2.05, 4.69) is 37.4 Å². The van der Waals surface area contributed by atoms with Crippen LogP contribution in [0.2, 0.25) is 0 Å². The summed E-state index contributed by atoms with van der Waals surface area (Å²) in [6.45, 7) is 4.05. The van der Waals surface area contributed by atoms with Gasteiger partial charge in [-0.25, -0.2) is 0 Å². The monoisotopic (exact) mass is 465 g/mol. The molecule has 5 heteroatoms. The average Bonchev–Trinajstić information content (AvgIpc) is 2.80. The molecule has 0 bridgehead atoms. The summed E-state index contributed by atoms with van der Waals surface area (Å²) in [6.07, 6.45) is 25.7. The zero-order valence-corrected chi connectivity index (χ0v) is 21.3. The second-order valence-corrected chi connectivity index (χ2v) is 8.94. The first-order valence-corrected chi connectivity index (χ1v) is 13.3. The Balaban J connectivity index is 4.03. The molecule has 0 rings (SSSR count). The Morgan fingerprint density at radius 1 is 0.758 bits per heavy atom. The number of aliphatic hydroxyl groups is 3. The van der Waals surface area contributed by atoms with Crippen LogP contribution in [-0.2, 0) is 4.79 Å². The van der Waals surface area contributed by atoms with E-state index in [1.807, 2.05) is 12.2 Å². The van der Waals surface area contributed by atoms with Crippen LogP contribution in [0.3, 0.4) is 0 Å². The second-order valence-electron chi connectivity index (χ2n) is 8.94. The van der Waals surface area contributed by atoms with Gasteiger partial charge in [0.05, 0.1) is 31.3 Å². The van der Waals surface area contributed by atoms with Crippen molar-refractivity contribution in [2.75, 3.05) is 6.61 Å². The summed E-state index contributed by atoms with van der Waals surface area (Å²) in [7, 11) is 0. The molecule has 0 aliphatic heterocycles. The van der Waals surface area contributed by atoms with Crippen LogP contribution in [0.4, 0.5) is 0 Å². The molecule has 192 valence electrons. The molecular formula is C28H51NO4. The molecular weight excluding hydrogens is 414 g/mol. The number of aliphatic hydroxyl groups excluding tert-OH is 3. The number of amides is 1. The zero-order valence-electron chi connectivity index (χ0n) is 21.3. The minimum atomic E-state index is -0.957. The molecule has 4 N–H and O–H groups in total. The normalized spacial score (nSPS) is 14.9. The van der Waals surface area contributed by atoms with Crippen LogP contribution in [0.5, 0.6) is 0 Å². The van der Waals surface area contributed by atoms with E-state index in [1.54, 1.807) is 6.08 Å². The highest BCUT2D eigenvalue weighted by molar-refractivity contribution is 5.76. The van der Waals surface area contributed by atoms with Crippen LogP contribution in [0.25, 0.3) is 0 Å².